The Labute approximate surface area is 97.5 Å². The third-order valence-electron chi connectivity index (χ3n) is 2.78. The van der Waals surface area contributed by atoms with E-state index < -0.39 is 27.9 Å². The molecule has 7 heteroatoms. The van der Waals surface area contributed by atoms with Crippen molar-refractivity contribution < 1.29 is 23.6 Å². The van der Waals surface area contributed by atoms with E-state index in [-0.39, 0.29) is 11.6 Å². The second-order valence-corrected chi connectivity index (χ2v) is 11.9. The van der Waals surface area contributed by atoms with E-state index in [2.05, 4.69) is 0 Å². The van der Waals surface area contributed by atoms with Crippen molar-refractivity contribution in [3.05, 3.63) is 0 Å². The number of hydrogen-bond donors (Lipinski definition) is 2. The van der Waals surface area contributed by atoms with E-state index in [1.807, 2.05) is 33.9 Å². The average Bonchev–Trinajstić information content (AvgIpc) is 1.95. The molecule has 5 nitrogen and oxygen atoms in total. The molecule has 0 amide bonds. The molecule has 0 aromatic carbocycles. The van der Waals surface area contributed by atoms with Gasteiger partial charge in [-0.05, 0) is 18.1 Å². The van der Waals surface area contributed by atoms with Gasteiger partial charge in [0.25, 0.3) is 0 Å². The fraction of sp³-hybridized carbons (Fsp3) is 0.889. The summed E-state index contributed by atoms with van der Waals surface area (Å²) in [6.45, 7) is 9.86. The molecule has 0 spiro atoms. The molecule has 0 unspecified atom stereocenters. The van der Waals surface area contributed by atoms with Gasteiger partial charge in [-0.25, -0.2) is 0 Å². The summed E-state index contributed by atoms with van der Waals surface area (Å²) in [6, 6.07) is 0. The Morgan fingerprint density at radius 1 is 1.31 bits per heavy atom. The van der Waals surface area contributed by atoms with Crippen LogP contribution in [0.2, 0.25) is 18.1 Å². The van der Waals surface area contributed by atoms with E-state index in [4.69, 9.17) is 14.2 Å². The molecular weight excluding hydrogens is 247 g/mol. The summed E-state index contributed by atoms with van der Waals surface area (Å²) in [4.78, 5) is 28.5. The number of carbonyl (C=O) groups excluding carboxylic acids is 1. The van der Waals surface area contributed by atoms with Gasteiger partial charge in [0.05, 0.1) is 6.61 Å². The van der Waals surface area contributed by atoms with Crippen molar-refractivity contribution in [2.24, 2.45) is 0 Å². The molecule has 0 radical (unpaired) electrons. The fourth-order valence-electron chi connectivity index (χ4n) is 0.753. The summed E-state index contributed by atoms with van der Waals surface area (Å²) in [5.74, 6) is -0.543. The van der Waals surface area contributed by atoms with Crippen LogP contribution in [0.15, 0.2) is 0 Å². The van der Waals surface area contributed by atoms with Crippen molar-refractivity contribution >= 4 is 21.7 Å². The van der Waals surface area contributed by atoms with Crippen LogP contribution in [-0.2, 0) is 13.8 Å². The lowest BCUT2D eigenvalue weighted by Crippen LogP contribution is -2.42. The second-order valence-electron chi connectivity index (χ2n) is 5.41. The Morgan fingerprint density at radius 2 is 1.75 bits per heavy atom. The van der Waals surface area contributed by atoms with Crippen LogP contribution in [0.4, 0.5) is 0 Å². The number of Topliss-reactive ketones (excluding diaryl/α,β-unsaturated/α-hetero) is 1. The number of ketones is 1. The molecule has 0 saturated heterocycles. The van der Waals surface area contributed by atoms with Gasteiger partial charge in [0, 0.05) is 0 Å². The van der Waals surface area contributed by atoms with Crippen LogP contribution in [-0.4, -0.2) is 36.7 Å². The molecule has 0 atom stereocenters. The minimum Gasteiger partial charge on any atom is -0.410 e. The standard InChI is InChI=1S/C9H21O5PSi/c1-9(2,3)16(4,5)14-6-8(10)7-15(11,12)13/h6-7H2,1-5H3,(H2,11,12,13). The molecule has 0 aromatic rings. The first-order valence-electron chi connectivity index (χ1n) is 5.05. The van der Waals surface area contributed by atoms with Gasteiger partial charge in [-0.3, -0.25) is 9.36 Å². The molecule has 0 bridgehead atoms. The molecule has 0 rings (SSSR count). The Balaban J connectivity index is 4.27. The van der Waals surface area contributed by atoms with Crippen LogP contribution < -0.4 is 0 Å². The first-order chi connectivity index (χ1) is 6.85. The third kappa shape index (κ3) is 5.91. The summed E-state index contributed by atoms with van der Waals surface area (Å²) in [7, 11) is -6.28. The second kappa shape index (κ2) is 5.10. The van der Waals surface area contributed by atoms with Crippen molar-refractivity contribution in [1.29, 1.82) is 0 Å². The van der Waals surface area contributed by atoms with E-state index in [0.717, 1.165) is 0 Å². The highest BCUT2D eigenvalue weighted by Crippen LogP contribution is 2.37. The highest BCUT2D eigenvalue weighted by atomic mass is 31.2. The summed E-state index contributed by atoms with van der Waals surface area (Å²) in [6.07, 6.45) is -0.735. The lowest BCUT2D eigenvalue weighted by molar-refractivity contribution is -0.119. The Kier molecular flexibility index (Phi) is 5.10. The van der Waals surface area contributed by atoms with Crippen LogP contribution >= 0.6 is 7.60 Å². The van der Waals surface area contributed by atoms with Gasteiger partial charge < -0.3 is 14.2 Å². The zero-order valence-electron chi connectivity index (χ0n) is 10.5. The number of hydrogen-bond acceptors (Lipinski definition) is 3. The molecule has 0 aliphatic heterocycles. The highest BCUT2D eigenvalue weighted by Gasteiger charge is 2.37. The van der Waals surface area contributed by atoms with Crippen molar-refractivity contribution in [1.82, 2.24) is 0 Å². The molecule has 16 heavy (non-hydrogen) atoms. The molecular formula is C9H21O5PSi. The first kappa shape index (κ1) is 16.0. The predicted octanol–water partition coefficient (Wildman–Crippen LogP) is 1.75. The molecule has 96 valence electrons. The molecule has 0 aliphatic rings. The van der Waals surface area contributed by atoms with Gasteiger partial charge in [-0.15, -0.1) is 0 Å². The zero-order valence-corrected chi connectivity index (χ0v) is 12.4. The highest BCUT2D eigenvalue weighted by molar-refractivity contribution is 7.52. The van der Waals surface area contributed by atoms with Gasteiger partial charge in [-0.1, -0.05) is 20.8 Å². The first-order valence-corrected chi connectivity index (χ1v) is 9.76. The molecule has 0 saturated carbocycles. The van der Waals surface area contributed by atoms with E-state index in [1.54, 1.807) is 0 Å². The monoisotopic (exact) mass is 268 g/mol. The summed E-state index contributed by atoms with van der Waals surface area (Å²) < 4.78 is 16.1. The Bertz CT molecular complexity index is 302. The van der Waals surface area contributed by atoms with Crippen LogP contribution in [0.1, 0.15) is 20.8 Å². The maximum absolute atomic E-state index is 11.2. The topological polar surface area (TPSA) is 83.8 Å². The fourth-order valence-corrected chi connectivity index (χ4v) is 2.26. The summed E-state index contributed by atoms with van der Waals surface area (Å²) in [5, 5.41) is -0.0184. The lowest BCUT2D eigenvalue weighted by Gasteiger charge is -2.35. The predicted molar refractivity (Wildman–Crippen MR) is 65.1 cm³/mol. The largest absolute Gasteiger partial charge is 0.410 e. The van der Waals surface area contributed by atoms with Gasteiger partial charge >= 0.3 is 7.60 Å². The quantitative estimate of drug-likeness (QED) is 0.586. The summed E-state index contributed by atoms with van der Waals surface area (Å²) >= 11 is 0. The molecule has 0 heterocycles. The van der Waals surface area contributed by atoms with Crippen LogP contribution in [0.3, 0.4) is 0 Å². The smallest absolute Gasteiger partial charge is 0.333 e. The number of rotatable bonds is 5. The Morgan fingerprint density at radius 3 is 2.06 bits per heavy atom. The van der Waals surface area contributed by atoms with Crippen molar-refractivity contribution in [3.63, 3.8) is 0 Å². The third-order valence-corrected chi connectivity index (χ3v) is 8.03. The van der Waals surface area contributed by atoms with Crippen molar-refractivity contribution in [3.8, 4) is 0 Å². The number of carbonyl (C=O) groups is 1. The van der Waals surface area contributed by atoms with Crippen LogP contribution in [0, 0.1) is 0 Å². The van der Waals surface area contributed by atoms with Crippen LogP contribution in [0.25, 0.3) is 0 Å². The maximum Gasteiger partial charge on any atom is 0.333 e. The van der Waals surface area contributed by atoms with Crippen molar-refractivity contribution in [2.45, 2.75) is 38.9 Å². The molecule has 2 N–H and O–H groups in total. The SMILES string of the molecule is CC(C)(C)[Si](C)(C)OCC(=O)CP(=O)(O)O. The van der Waals surface area contributed by atoms with Crippen LogP contribution in [0.5, 0.6) is 0 Å². The molecule has 0 aliphatic carbocycles. The van der Waals surface area contributed by atoms with Gasteiger partial charge in [0.1, 0.15) is 6.16 Å². The Hall–Kier alpha value is -0.00312. The lowest BCUT2D eigenvalue weighted by atomic mass is 10.2. The maximum atomic E-state index is 11.2. The van der Waals surface area contributed by atoms with E-state index in [1.165, 1.54) is 0 Å². The minimum absolute atomic E-state index is 0.0184. The van der Waals surface area contributed by atoms with E-state index in [0.29, 0.717) is 0 Å². The van der Waals surface area contributed by atoms with E-state index >= 15 is 0 Å². The zero-order chi connectivity index (χ0) is 13.2. The molecule has 0 aromatic heterocycles. The van der Waals surface area contributed by atoms with Gasteiger partial charge in [0.15, 0.2) is 14.1 Å². The average molecular weight is 268 g/mol. The van der Waals surface area contributed by atoms with E-state index in [9.17, 15) is 9.36 Å². The normalized spacial score (nSPS) is 13.9. The molecule has 0 fully saturated rings. The minimum atomic E-state index is -4.26. The van der Waals surface area contributed by atoms with Gasteiger partial charge in [0.2, 0.25) is 0 Å². The van der Waals surface area contributed by atoms with Gasteiger partial charge in [-0.2, -0.15) is 0 Å². The van der Waals surface area contributed by atoms with Crippen molar-refractivity contribution in [2.75, 3.05) is 12.8 Å². The summed E-state index contributed by atoms with van der Waals surface area (Å²) in [5.41, 5.74) is 0.